The Bertz CT molecular complexity index is 1690. The highest BCUT2D eigenvalue weighted by molar-refractivity contribution is 7.80. The molecule has 13 heteroatoms. The summed E-state index contributed by atoms with van der Waals surface area (Å²) in [7, 11) is 0. The van der Waals surface area contributed by atoms with E-state index in [0.29, 0.717) is 5.69 Å². The van der Waals surface area contributed by atoms with Crippen LogP contribution in [-0.4, -0.2) is 52.1 Å². The van der Waals surface area contributed by atoms with Gasteiger partial charge in [0.2, 0.25) is 0 Å². The van der Waals surface area contributed by atoms with Crippen molar-refractivity contribution >= 4 is 47.4 Å². The number of aliphatic carboxylic acids is 1. The number of anilines is 2. The van der Waals surface area contributed by atoms with Crippen molar-refractivity contribution in [2.24, 2.45) is 0 Å². The molecule has 44 heavy (non-hydrogen) atoms. The van der Waals surface area contributed by atoms with E-state index in [1.165, 1.54) is 0 Å². The number of thiol groups is 1. The summed E-state index contributed by atoms with van der Waals surface area (Å²) in [6, 6.07) is 25.4. The maximum Gasteiger partial charge on any atom is 0.415 e. The number of carboxylic acid groups (broad SMARTS) is 1. The third-order valence-electron chi connectivity index (χ3n) is 7.43. The normalized spacial score (nSPS) is 12.5. The van der Waals surface area contributed by atoms with Crippen LogP contribution in [0.15, 0.2) is 97.1 Å². The SMILES string of the molecule is O=C(O)[C@H](CS)N(CN(C(=O)OCC1c2ccccc2-c2ccccc21)c1ccccc1)c1ccc([N+](=O)[O-])cc1[N+](=O)[O-]. The second kappa shape index (κ2) is 12.8. The molecule has 0 fully saturated rings. The van der Waals surface area contributed by atoms with Crippen LogP contribution in [0, 0.1) is 20.2 Å². The van der Waals surface area contributed by atoms with Crippen molar-refractivity contribution in [3.05, 3.63) is 128 Å². The molecule has 5 rings (SSSR count). The predicted molar refractivity (Wildman–Crippen MR) is 166 cm³/mol. The number of carbonyl (C=O) groups is 2. The molecule has 1 amide bonds. The van der Waals surface area contributed by atoms with E-state index in [9.17, 15) is 34.9 Å². The molecule has 1 atom stereocenters. The maximum absolute atomic E-state index is 13.8. The van der Waals surface area contributed by atoms with Gasteiger partial charge in [0.05, 0.1) is 15.9 Å². The summed E-state index contributed by atoms with van der Waals surface area (Å²) in [4.78, 5) is 50.1. The van der Waals surface area contributed by atoms with E-state index >= 15 is 0 Å². The average molecular weight is 615 g/mol. The number of para-hydroxylation sites is 1. The Morgan fingerprint density at radius 1 is 0.864 bits per heavy atom. The monoisotopic (exact) mass is 614 g/mol. The van der Waals surface area contributed by atoms with Crippen LogP contribution in [0.1, 0.15) is 17.0 Å². The molecule has 1 N–H and O–H groups in total. The van der Waals surface area contributed by atoms with Crippen LogP contribution < -0.4 is 9.80 Å². The summed E-state index contributed by atoms with van der Waals surface area (Å²) in [6.45, 7) is -0.528. The van der Waals surface area contributed by atoms with E-state index in [-0.39, 0.29) is 24.0 Å². The zero-order chi connectivity index (χ0) is 31.4. The minimum atomic E-state index is -1.45. The van der Waals surface area contributed by atoms with Gasteiger partial charge >= 0.3 is 12.1 Å². The highest BCUT2D eigenvalue weighted by Crippen LogP contribution is 2.44. The number of carboxylic acids is 1. The summed E-state index contributed by atoms with van der Waals surface area (Å²) in [5.41, 5.74) is 2.92. The summed E-state index contributed by atoms with van der Waals surface area (Å²) < 4.78 is 5.87. The maximum atomic E-state index is 13.8. The van der Waals surface area contributed by atoms with Crippen LogP contribution in [0.2, 0.25) is 0 Å². The topological polar surface area (TPSA) is 156 Å². The fraction of sp³-hybridized carbons (Fsp3) is 0.161. The molecule has 0 spiro atoms. The Morgan fingerprint density at radius 2 is 1.45 bits per heavy atom. The molecular weight excluding hydrogens is 588 g/mol. The quantitative estimate of drug-likeness (QED) is 0.0881. The van der Waals surface area contributed by atoms with E-state index in [1.807, 2.05) is 48.5 Å². The number of carbonyl (C=O) groups excluding carboxylic acids is 1. The number of rotatable bonds is 11. The molecule has 0 heterocycles. The minimum absolute atomic E-state index is 0.0250. The predicted octanol–water partition coefficient (Wildman–Crippen LogP) is 6.11. The fourth-order valence-electron chi connectivity index (χ4n) is 5.34. The molecule has 12 nitrogen and oxygen atoms in total. The zero-order valence-electron chi connectivity index (χ0n) is 23.1. The Morgan fingerprint density at radius 3 is 2.00 bits per heavy atom. The Hall–Kier alpha value is -5.43. The van der Waals surface area contributed by atoms with Gasteiger partial charge in [0, 0.05) is 23.4 Å². The molecule has 0 unspecified atom stereocenters. The molecular formula is C31H26N4O8S. The van der Waals surface area contributed by atoms with Gasteiger partial charge in [-0.15, -0.1) is 0 Å². The molecule has 1 aliphatic carbocycles. The van der Waals surface area contributed by atoms with Crippen LogP contribution in [0.4, 0.5) is 27.5 Å². The second-order valence-corrected chi connectivity index (χ2v) is 10.3. The van der Waals surface area contributed by atoms with Gasteiger partial charge in [0.1, 0.15) is 25.0 Å². The Labute approximate surface area is 256 Å². The molecule has 4 aromatic rings. The van der Waals surface area contributed by atoms with Gasteiger partial charge in [0.25, 0.3) is 11.4 Å². The molecule has 224 valence electrons. The number of non-ortho nitro benzene ring substituents is 1. The number of hydrogen-bond donors (Lipinski definition) is 2. The van der Waals surface area contributed by atoms with Crippen molar-refractivity contribution in [1.82, 2.24) is 0 Å². The van der Waals surface area contributed by atoms with Crippen molar-refractivity contribution in [3.63, 3.8) is 0 Å². The molecule has 0 bridgehead atoms. The standard InChI is InChI=1S/C31H26N4O8S/c36-30(37)29(18-44)33(27-15-14-21(34(39)40)16-28(27)35(41)42)19-32(20-8-2-1-3-9-20)31(38)43-17-26-24-12-6-4-10-22(24)23-11-5-7-13-25(23)26/h1-16,26,29,44H,17-19H2,(H,36,37)/t29-/m0/s1. The number of ether oxygens (including phenoxy) is 1. The third-order valence-corrected chi connectivity index (χ3v) is 7.77. The first kappa shape index (κ1) is 30.0. The lowest BCUT2D eigenvalue weighted by molar-refractivity contribution is -0.393. The molecule has 0 saturated heterocycles. The number of amides is 1. The van der Waals surface area contributed by atoms with Crippen molar-refractivity contribution in [2.75, 3.05) is 28.8 Å². The van der Waals surface area contributed by atoms with Crippen molar-refractivity contribution in [3.8, 4) is 11.1 Å². The number of nitro groups is 2. The van der Waals surface area contributed by atoms with Crippen LogP contribution in [0.3, 0.4) is 0 Å². The van der Waals surface area contributed by atoms with E-state index in [1.54, 1.807) is 30.3 Å². The first-order valence-electron chi connectivity index (χ1n) is 13.4. The highest BCUT2D eigenvalue weighted by Gasteiger charge is 2.35. The van der Waals surface area contributed by atoms with Crippen LogP contribution >= 0.6 is 12.6 Å². The van der Waals surface area contributed by atoms with Crippen molar-refractivity contribution in [2.45, 2.75) is 12.0 Å². The lowest BCUT2D eigenvalue weighted by Gasteiger charge is -2.34. The molecule has 1 aliphatic rings. The first-order valence-corrected chi connectivity index (χ1v) is 14.0. The minimum Gasteiger partial charge on any atom is -0.480 e. The van der Waals surface area contributed by atoms with Crippen LogP contribution in [0.25, 0.3) is 11.1 Å². The van der Waals surface area contributed by atoms with E-state index in [2.05, 4.69) is 12.6 Å². The largest absolute Gasteiger partial charge is 0.480 e. The molecule has 0 radical (unpaired) electrons. The van der Waals surface area contributed by atoms with Gasteiger partial charge in [-0.3, -0.25) is 25.1 Å². The van der Waals surface area contributed by atoms with E-state index in [0.717, 1.165) is 50.3 Å². The number of nitro benzene ring substituents is 2. The Kier molecular flexibility index (Phi) is 8.76. The van der Waals surface area contributed by atoms with Gasteiger partial charge in [-0.25, -0.2) is 9.59 Å². The number of benzene rings is 4. The Balaban J connectivity index is 1.51. The smallest absolute Gasteiger partial charge is 0.415 e. The molecule has 0 saturated carbocycles. The van der Waals surface area contributed by atoms with E-state index in [4.69, 9.17) is 4.74 Å². The summed E-state index contributed by atoms with van der Waals surface area (Å²) in [5, 5.41) is 33.4. The van der Waals surface area contributed by atoms with E-state index < -0.39 is 46.0 Å². The molecule has 0 aliphatic heterocycles. The molecule has 0 aromatic heterocycles. The fourth-order valence-corrected chi connectivity index (χ4v) is 5.70. The number of nitrogens with zero attached hydrogens (tertiary/aromatic N) is 4. The van der Waals surface area contributed by atoms with Gasteiger partial charge in [-0.05, 0) is 40.5 Å². The third kappa shape index (κ3) is 5.90. The second-order valence-electron chi connectivity index (χ2n) is 9.90. The highest BCUT2D eigenvalue weighted by atomic mass is 32.1. The van der Waals surface area contributed by atoms with Crippen LogP contribution in [0.5, 0.6) is 0 Å². The lowest BCUT2D eigenvalue weighted by Crippen LogP contribution is -2.51. The summed E-state index contributed by atoms with van der Waals surface area (Å²) in [5.74, 6) is -1.91. The van der Waals surface area contributed by atoms with Crippen molar-refractivity contribution < 1.29 is 29.3 Å². The molecule has 4 aromatic carbocycles. The summed E-state index contributed by atoms with van der Waals surface area (Å²) >= 11 is 4.16. The number of fused-ring (bicyclic) bond motifs is 3. The van der Waals surface area contributed by atoms with Gasteiger partial charge in [-0.2, -0.15) is 12.6 Å². The first-order chi connectivity index (χ1) is 21.2. The van der Waals surface area contributed by atoms with Crippen LogP contribution in [-0.2, 0) is 9.53 Å². The lowest BCUT2D eigenvalue weighted by atomic mass is 9.98. The van der Waals surface area contributed by atoms with Crippen molar-refractivity contribution in [1.29, 1.82) is 0 Å². The number of hydrogen-bond acceptors (Lipinski definition) is 9. The zero-order valence-corrected chi connectivity index (χ0v) is 23.9. The summed E-state index contributed by atoms with van der Waals surface area (Å²) in [6.07, 6.45) is -0.823. The average Bonchev–Trinajstić information content (AvgIpc) is 3.35. The van der Waals surface area contributed by atoms with Gasteiger partial charge in [0.15, 0.2) is 0 Å². The van der Waals surface area contributed by atoms with Gasteiger partial charge in [-0.1, -0.05) is 66.7 Å². The van der Waals surface area contributed by atoms with Gasteiger partial charge < -0.3 is 14.7 Å².